The lowest BCUT2D eigenvalue weighted by atomic mass is 10.1. The molecule has 0 fully saturated rings. The van der Waals surface area contributed by atoms with Gasteiger partial charge in [0.05, 0.1) is 13.5 Å². The molecular formula is C16H25NO3. The summed E-state index contributed by atoms with van der Waals surface area (Å²) in [6, 6.07) is 7.93. The fourth-order valence-electron chi connectivity index (χ4n) is 1.95. The van der Waals surface area contributed by atoms with E-state index in [0.717, 1.165) is 25.3 Å². The number of hydrogen-bond donors (Lipinski definition) is 1. The monoisotopic (exact) mass is 279 g/mol. The van der Waals surface area contributed by atoms with Crippen molar-refractivity contribution in [3.05, 3.63) is 29.8 Å². The average molecular weight is 279 g/mol. The van der Waals surface area contributed by atoms with E-state index >= 15 is 0 Å². The Bertz CT molecular complexity index is 401. The van der Waals surface area contributed by atoms with Crippen LogP contribution in [0.4, 0.5) is 0 Å². The van der Waals surface area contributed by atoms with Gasteiger partial charge < -0.3 is 9.84 Å². The molecule has 1 aromatic carbocycles. The highest BCUT2D eigenvalue weighted by Crippen LogP contribution is 2.14. The molecule has 4 nitrogen and oxygen atoms in total. The van der Waals surface area contributed by atoms with Crippen LogP contribution >= 0.6 is 0 Å². The summed E-state index contributed by atoms with van der Waals surface area (Å²) < 4.78 is 5.14. The van der Waals surface area contributed by atoms with Crippen LogP contribution in [0.1, 0.15) is 32.3 Å². The molecule has 0 radical (unpaired) electrons. The van der Waals surface area contributed by atoms with Crippen LogP contribution in [0.2, 0.25) is 0 Å². The van der Waals surface area contributed by atoms with E-state index in [1.165, 1.54) is 5.56 Å². The summed E-state index contributed by atoms with van der Waals surface area (Å²) in [6.45, 7) is 6.67. The van der Waals surface area contributed by atoms with Crippen molar-refractivity contribution >= 4 is 5.97 Å². The van der Waals surface area contributed by atoms with E-state index < -0.39 is 5.97 Å². The molecule has 0 aliphatic heterocycles. The molecule has 1 aromatic rings. The van der Waals surface area contributed by atoms with Gasteiger partial charge in [0.2, 0.25) is 0 Å². The first-order valence-corrected chi connectivity index (χ1v) is 7.08. The quantitative estimate of drug-likeness (QED) is 0.755. The van der Waals surface area contributed by atoms with Crippen LogP contribution in [0.3, 0.4) is 0 Å². The number of nitrogens with zero attached hydrogens (tertiary/aromatic N) is 1. The zero-order valence-corrected chi connectivity index (χ0v) is 12.6. The number of ether oxygens (including phenoxy) is 1. The maximum absolute atomic E-state index is 10.7. The van der Waals surface area contributed by atoms with E-state index in [4.69, 9.17) is 9.84 Å². The fraction of sp³-hybridized carbons (Fsp3) is 0.562. The van der Waals surface area contributed by atoms with Crippen molar-refractivity contribution in [3.8, 4) is 5.75 Å². The molecule has 0 unspecified atom stereocenters. The van der Waals surface area contributed by atoms with Crippen LogP contribution in [-0.2, 0) is 11.3 Å². The zero-order chi connectivity index (χ0) is 15.0. The summed E-state index contributed by atoms with van der Waals surface area (Å²) in [6.07, 6.45) is 1.27. The Hall–Kier alpha value is -1.55. The summed E-state index contributed by atoms with van der Waals surface area (Å²) in [7, 11) is 1.65. The molecule has 0 aliphatic carbocycles. The highest BCUT2D eigenvalue weighted by molar-refractivity contribution is 5.66. The van der Waals surface area contributed by atoms with Crippen LogP contribution in [0.25, 0.3) is 0 Å². The minimum Gasteiger partial charge on any atom is -0.497 e. The zero-order valence-electron chi connectivity index (χ0n) is 12.6. The van der Waals surface area contributed by atoms with Gasteiger partial charge in [-0.3, -0.25) is 9.69 Å². The summed E-state index contributed by atoms with van der Waals surface area (Å²) in [4.78, 5) is 12.9. The lowest BCUT2D eigenvalue weighted by molar-refractivity contribution is -0.137. The van der Waals surface area contributed by atoms with Crippen LogP contribution in [-0.4, -0.2) is 36.2 Å². The van der Waals surface area contributed by atoms with Crippen LogP contribution in [0.5, 0.6) is 5.75 Å². The standard InChI is InChI=1S/C16H25NO3/c1-13(2)8-10-17(11-9-16(18)19)12-14-4-6-15(20-3)7-5-14/h4-7,13H,8-12H2,1-3H3,(H,18,19). The Morgan fingerprint density at radius 1 is 1.25 bits per heavy atom. The minimum absolute atomic E-state index is 0.189. The Kier molecular flexibility index (Phi) is 7.09. The molecule has 1 N–H and O–H groups in total. The van der Waals surface area contributed by atoms with Gasteiger partial charge in [0.1, 0.15) is 5.75 Å². The Morgan fingerprint density at radius 3 is 2.40 bits per heavy atom. The molecule has 20 heavy (non-hydrogen) atoms. The van der Waals surface area contributed by atoms with Crippen molar-refractivity contribution in [2.75, 3.05) is 20.2 Å². The number of carboxylic acid groups (broad SMARTS) is 1. The summed E-state index contributed by atoms with van der Waals surface area (Å²) in [5.41, 5.74) is 1.18. The van der Waals surface area contributed by atoms with Gasteiger partial charge in [-0.1, -0.05) is 26.0 Å². The first-order valence-electron chi connectivity index (χ1n) is 7.08. The van der Waals surface area contributed by atoms with E-state index in [9.17, 15) is 4.79 Å². The van der Waals surface area contributed by atoms with Crippen molar-refractivity contribution in [1.29, 1.82) is 0 Å². The SMILES string of the molecule is COc1ccc(CN(CCC(=O)O)CCC(C)C)cc1. The second-order valence-electron chi connectivity index (χ2n) is 5.45. The Morgan fingerprint density at radius 2 is 1.90 bits per heavy atom. The van der Waals surface area contributed by atoms with E-state index in [-0.39, 0.29) is 6.42 Å². The van der Waals surface area contributed by atoms with Gasteiger partial charge in [-0.15, -0.1) is 0 Å². The van der Waals surface area contributed by atoms with Crippen molar-refractivity contribution in [1.82, 2.24) is 4.90 Å². The number of carboxylic acids is 1. The predicted molar refractivity (Wildman–Crippen MR) is 80.0 cm³/mol. The normalized spacial score (nSPS) is 11.1. The number of carbonyl (C=O) groups is 1. The van der Waals surface area contributed by atoms with Crippen LogP contribution < -0.4 is 4.74 Å². The molecule has 0 bridgehead atoms. The van der Waals surface area contributed by atoms with Gasteiger partial charge in [-0.05, 0) is 36.6 Å². The first kappa shape index (κ1) is 16.5. The van der Waals surface area contributed by atoms with Crippen LogP contribution in [0.15, 0.2) is 24.3 Å². The Labute approximate surface area is 121 Å². The molecule has 112 valence electrons. The summed E-state index contributed by atoms with van der Waals surface area (Å²) >= 11 is 0. The lowest BCUT2D eigenvalue weighted by Gasteiger charge is -2.22. The summed E-state index contributed by atoms with van der Waals surface area (Å²) in [5.74, 6) is 0.723. The van der Waals surface area contributed by atoms with Gasteiger partial charge in [-0.2, -0.15) is 0 Å². The molecule has 0 heterocycles. The lowest BCUT2D eigenvalue weighted by Crippen LogP contribution is -2.28. The van der Waals surface area contributed by atoms with Crippen LogP contribution in [0, 0.1) is 5.92 Å². The fourth-order valence-corrected chi connectivity index (χ4v) is 1.95. The van der Waals surface area contributed by atoms with Gasteiger partial charge in [0.25, 0.3) is 0 Å². The molecule has 0 atom stereocenters. The number of methoxy groups -OCH3 is 1. The molecule has 0 saturated carbocycles. The third-order valence-corrected chi connectivity index (χ3v) is 3.23. The Balaban J connectivity index is 2.58. The second kappa shape index (κ2) is 8.59. The molecule has 0 aliphatic rings. The van der Waals surface area contributed by atoms with Crippen molar-refractivity contribution in [3.63, 3.8) is 0 Å². The molecule has 0 amide bonds. The van der Waals surface area contributed by atoms with E-state index in [1.54, 1.807) is 7.11 Å². The number of rotatable bonds is 9. The molecule has 1 rings (SSSR count). The third kappa shape index (κ3) is 6.57. The number of aliphatic carboxylic acids is 1. The second-order valence-corrected chi connectivity index (χ2v) is 5.45. The molecular weight excluding hydrogens is 254 g/mol. The van der Waals surface area contributed by atoms with Gasteiger partial charge >= 0.3 is 5.97 Å². The smallest absolute Gasteiger partial charge is 0.304 e. The highest BCUT2D eigenvalue weighted by Gasteiger charge is 2.09. The van der Waals surface area contributed by atoms with Gasteiger partial charge in [0, 0.05) is 13.1 Å². The number of benzene rings is 1. The largest absolute Gasteiger partial charge is 0.497 e. The first-order chi connectivity index (χ1) is 9.51. The molecule has 0 saturated heterocycles. The maximum atomic E-state index is 10.7. The van der Waals surface area contributed by atoms with Gasteiger partial charge in [-0.25, -0.2) is 0 Å². The maximum Gasteiger partial charge on any atom is 0.304 e. The summed E-state index contributed by atoms with van der Waals surface area (Å²) in [5, 5.41) is 8.83. The van der Waals surface area contributed by atoms with Crippen molar-refractivity contribution in [2.24, 2.45) is 5.92 Å². The van der Waals surface area contributed by atoms with Crippen molar-refractivity contribution < 1.29 is 14.6 Å². The van der Waals surface area contributed by atoms with Crippen molar-refractivity contribution in [2.45, 2.75) is 33.2 Å². The van der Waals surface area contributed by atoms with E-state index in [1.807, 2.05) is 24.3 Å². The predicted octanol–water partition coefficient (Wildman–Crippen LogP) is 3.02. The average Bonchev–Trinajstić information content (AvgIpc) is 2.42. The van der Waals surface area contributed by atoms with E-state index in [2.05, 4.69) is 18.7 Å². The molecule has 0 aromatic heterocycles. The molecule has 4 heteroatoms. The van der Waals surface area contributed by atoms with Gasteiger partial charge in [0.15, 0.2) is 0 Å². The minimum atomic E-state index is -0.741. The topological polar surface area (TPSA) is 49.8 Å². The van der Waals surface area contributed by atoms with E-state index in [0.29, 0.717) is 12.5 Å². The highest BCUT2D eigenvalue weighted by atomic mass is 16.5. The molecule has 0 spiro atoms. The number of hydrogen-bond acceptors (Lipinski definition) is 3. The third-order valence-electron chi connectivity index (χ3n) is 3.23.